The summed E-state index contributed by atoms with van der Waals surface area (Å²) in [5.41, 5.74) is 1.72. The van der Waals surface area contributed by atoms with Gasteiger partial charge in [-0.3, -0.25) is 23.7 Å². The highest BCUT2D eigenvalue weighted by molar-refractivity contribution is 8.00. The molecule has 3 atom stereocenters. The molecule has 220 valence electrons. The number of hydrogen-bond acceptors (Lipinski definition) is 9. The minimum Gasteiger partial charge on any atom is -0.497 e. The van der Waals surface area contributed by atoms with Crippen LogP contribution in [0.1, 0.15) is 16.4 Å². The maximum absolute atomic E-state index is 14.1. The summed E-state index contributed by atoms with van der Waals surface area (Å²) >= 11 is 2.14. The van der Waals surface area contributed by atoms with Crippen molar-refractivity contribution in [1.29, 1.82) is 0 Å². The number of anilines is 2. The van der Waals surface area contributed by atoms with Crippen LogP contribution in [0.15, 0.2) is 82.6 Å². The van der Waals surface area contributed by atoms with Gasteiger partial charge in [0.1, 0.15) is 17.5 Å². The Bertz CT molecular complexity index is 1770. The lowest BCUT2D eigenvalue weighted by molar-refractivity contribution is -0.122. The van der Waals surface area contributed by atoms with Crippen LogP contribution in [0.3, 0.4) is 0 Å². The van der Waals surface area contributed by atoms with Gasteiger partial charge < -0.3 is 19.5 Å². The van der Waals surface area contributed by atoms with E-state index in [1.807, 2.05) is 12.1 Å². The highest BCUT2D eigenvalue weighted by Gasteiger charge is 2.57. The van der Waals surface area contributed by atoms with Crippen LogP contribution in [-0.4, -0.2) is 48.9 Å². The van der Waals surface area contributed by atoms with Gasteiger partial charge in [0.15, 0.2) is 11.5 Å². The standard InChI is InChI=1S/C31H27N3O7S2/c1-39-20-12-10-19(11-13-20)34-28(36)25-24(17-9-14-21(40-2)22(15-17)41-3)27-30(42-26(25)29(34)37)33(31(38)43-27)16-23(35)32-18-7-5-4-6-8-18/h4-15,24-26H,16H2,1-3H3,(H,32,35)/t24-,25-,26+/m0/s1. The molecule has 4 aromatic rings. The third-order valence-electron chi connectivity index (χ3n) is 7.51. The molecule has 6 rings (SSSR count). The van der Waals surface area contributed by atoms with Crippen LogP contribution in [0.4, 0.5) is 11.4 Å². The molecule has 1 N–H and O–H groups in total. The number of nitrogens with zero attached hydrogens (tertiary/aromatic N) is 2. The average molecular weight is 618 g/mol. The molecule has 0 unspecified atom stereocenters. The summed E-state index contributed by atoms with van der Waals surface area (Å²) < 4.78 is 17.6. The van der Waals surface area contributed by atoms with Crippen LogP contribution >= 0.6 is 23.1 Å². The predicted molar refractivity (Wildman–Crippen MR) is 164 cm³/mol. The number of aromatic nitrogens is 1. The molecule has 0 radical (unpaired) electrons. The molecule has 0 spiro atoms. The number of thioether (sulfide) groups is 1. The van der Waals surface area contributed by atoms with Gasteiger partial charge in [0.05, 0.1) is 38.0 Å². The number of amides is 3. The minimum absolute atomic E-state index is 0.243. The van der Waals surface area contributed by atoms with E-state index in [1.54, 1.807) is 60.7 Å². The van der Waals surface area contributed by atoms with E-state index < -0.39 is 17.1 Å². The number of fused-ring (bicyclic) bond motifs is 2. The van der Waals surface area contributed by atoms with Crippen molar-refractivity contribution in [3.63, 3.8) is 0 Å². The lowest BCUT2D eigenvalue weighted by Crippen LogP contribution is -2.33. The van der Waals surface area contributed by atoms with E-state index in [4.69, 9.17) is 14.2 Å². The highest BCUT2D eigenvalue weighted by Crippen LogP contribution is 2.54. The van der Waals surface area contributed by atoms with Crippen LogP contribution in [-0.2, 0) is 20.9 Å². The van der Waals surface area contributed by atoms with Gasteiger partial charge in [-0.2, -0.15) is 0 Å². The number of hydrogen-bond donors (Lipinski definition) is 1. The summed E-state index contributed by atoms with van der Waals surface area (Å²) in [5, 5.41) is 2.49. The minimum atomic E-state index is -0.822. The molecule has 0 saturated carbocycles. The van der Waals surface area contributed by atoms with E-state index in [1.165, 1.54) is 30.8 Å². The average Bonchev–Trinajstić information content (AvgIpc) is 3.47. The van der Waals surface area contributed by atoms with Crippen molar-refractivity contribution >= 4 is 52.2 Å². The SMILES string of the molecule is COc1ccc(N2C(=O)[C@H]3[C@H](c4ccc(OC)c(OC)c4)c4sc(=O)n(CC(=O)Nc5ccccc5)c4S[C@H]3C2=O)cc1. The number of para-hydroxylation sites is 1. The molecule has 43 heavy (non-hydrogen) atoms. The number of benzene rings is 3. The molecule has 1 saturated heterocycles. The Morgan fingerprint density at radius 1 is 0.860 bits per heavy atom. The zero-order valence-corrected chi connectivity index (χ0v) is 25.1. The highest BCUT2D eigenvalue weighted by atomic mass is 32.2. The number of imide groups is 1. The van der Waals surface area contributed by atoms with Gasteiger partial charge in [-0.15, -0.1) is 0 Å². The Hall–Kier alpha value is -4.55. The van der Waals surface area contributed by atoms with Gasteiger partial charge in [-0.05, 0) is 54.1 Å². The molecule has 1 aromatic heterocycles. The normalized spacial score (nSPS) is 19.0. The first-order valence-electron chi connectivity index (χ1n) is 13.3. The summed E-state index contributed by atoms with van der Waals surface area (Å²) in [4.78, 5) is 55.9. The zero-order valence-electron chi connectivity index (χ0n) is 23.4. The number of rotatable bonds is 8. The molecule has 2 aliphatic rings. The van der Waals surface area contributed by atoms with Crippen LogP contribution in [0.25, 0.3) is 0 Å². The molecule has 2 aliphatic heterocycles. The van der Waals surface area contributed by atoms with Gasteiger partial charge in [0.2, 0.25) is 17.7 Å². The third kappa shape index (κ3) is 5.06. The first-order chi connectivity index (χ1) is 20.8. The summed E-state index contributed by atoms with van der Waals surface area (Å²) in [6, 6.07) is 21.0. The van der Waals surface area contributed by atoms with Crippen LogP contribution in [0, 0.1) is 5.92 Å². The molecule has 3 aromatic carbocycles. The van der Waals surface area contributed by atoms with Crippen molar-refractivity contribution in [2.75, 3.05) is 31.5 Å². The second-order valence-corrected chi connectivity index (χ2v) is 12.0. The van der Waals surface area contributed by atoms with Crippen molar-refractivity contribution in [3.8, 4) is 17.2 Å². The van der Waals surface area contributed by atoms with Gasteiger partial charge in [0.25, 0.3) is 0 Å². The lowest BCUT2D eigenvalue weighted by atomic mass is 9.83. The number of carbonyl (C=O) groups excluding carboxylic acids is 3. The van der Waals surface area contributed by atoms with Crippen molar-refractivity contribution in [2.24, 2.45) is 5.92 Å². The van der Waals surface area contributed by atoms with E-state index in [-0.39, 0.29) is 29.1 Å². The van der Waals surface area contributed by atoms with Crippen LogP contribution < -0.4 is 29.3 Å². The molecule has 0 aliphatic carbocycles. The number of methoxy groups -OCH3 is 3. The zero-order chi connectivity index (χ0) is 30.2. The number of thiazole rings is 1. The quantitative estimate of drug-likeness (QED) is 0.290. The molecule has 10 nitrogen and oxygen atoms in total. The largest absolute Gasteiger partial charge is 0.497 e. The molecule has 3 heterocycles. The molecule has 0 bridgehead atoms. The van der Waals surface area contributed by atoms with Crippen LogP contribution in [0.2, 0.25) is 0 Å². The van der Waals surface area contributed by atoms with Gasteiger partial charge >= 0.3 is 4.87 Å². The van der Waals surface area contributed by atoms with Crippen LogP contribution in [0.5, 0.6) is 17.2 Å². The van der Waals surface area contributed by atoms with E-state index in [9.17, 15) is 19.2 Å². The Balaban J connectivity index is 1.44. The molecular weight excluding hydrogens is 590 g/mol. The van der Waals surface area contributed by atoms with Crippen molar-refractivity contribution in [2.45, 2.75) is 22.7 Å². The smallest absolute Gasteiger partial charge is 0.308 e. The van der Waals surface area contributed by atoms with Crippen molar-refractivity contribution < 1.29 is 28.6 Å². The Labute approximate surface area is 255 Å². The van der Waals surface area contributed by atoms with Gasteiger partial charge in [-0.1, -0.05) is 47.4 Å². The van der Waals surface area contributed by atoms with Crippen molar-refractivity contribution in [1.82, 2.24) is 4.57 Å². The summed E-state index contributed by atoms with van der Waals surface area (Å²) in [5.74, 6) is -1.02. The van der Waals surface area contributed by atoms with Crippen molar-refractivity contribution in [3.05, 3.63) is 92.9 Å². The van der Waals surface area contributed by atoms with Gasteiger partial charge in [-0.25, -0.2) is 4.90 Å². The first kappa shape index (κ1) is 28.6. The lowest BCUT2D eigenvalue weighted by Gasteiger charge is -2.31. The van der Waals surface area contributed by atoms with E-state index >= 15 is 0 Å². The number of ether oxygens (including phenoxy) is 3. The fraction of sp³-hybridized carbons (Fsp3) is 0.226. The second-order valence-electron chi connectivity index (χ2n) is 9.90. The van der Waals surface area contributed by atoms with E-state index in [0.717, 1.165) is 23.1 Å². The Morgan fingerprint density at radius 2 is 1.58 bits per heavy atom. The molecule has 3 amide bonds. The predicted octanol–water partition coefficient (Wildman–Crippen LogP) is 4.37. The molecule has 1 fully saturated rings. The Kier molecular flexibility index (Phi) is 7.72. The fourth-order valence-electron chi connectivity index (χ4n) is 5.51. The monoisotopic (exact) mass is 617 g/mol. The van der Waals surface area contributed by atoms with Gasteiger partial charge in [0, 0.05) is 16.5 Å². The summed E-state index contributed by atoms with van der Waals surface area (Å²) in [7, 11) is 4.59. The Morgan fingerprint density at radius 3 is 2.26 bits per heavy atom. The second kappa shape index (κ2) is 11.6. The maximum Gasteiger partial charge on any atom is 0.308 e. The summed E-state index contributed by atoms with van der Waals surface area (Å²) in [6.07, 6.45) is 0. The molecule has 12 heteroatoms. The molecular formula is C31H27N3O7S2. The third-order valence-corrected chi connectivity index (χ3v) is 10.1. The van der Waals surface area contributed by atoms with E-state index in [0.29, 0.717) is 44.1 Å². The summed E-state index contributed by atoms with van der Waals surface area (Å²) in [6.45, 7) is -0.243. The number of carbonyl (C=O) groups is 3. The topological polar surface area (TPSA) is 116 Å². The van der Waals surface area contributed by atoms with E-state index in [2.05, 4.69) is 5.32 Å². The first-order valence-corrected chi connectivity index (χ1v) is 15.0. The fourth-order valence-corrected chi connectivity index (χ4v) is 8.29. The maximum atomic E-state index is 14.1. The number of nitrogens with one attached hydrogen (secondary N) is 1.